The van der Waals surface area contributed by atoms with Gasteiger partial charge in [0.25, 0.3) is 5.91 Å². The normalized spacial score (nSPS) is 23.4. The summed E-state index contributed by atoms with van der Waals surface area (Å²) in [6.45, 7) is 4.09. The fourth-order valence-electron chi connectivity index (χ4n) is 5.80. The Bertz CT molecular complexity index is 1470. The molecule has 0 radical (unpaired) electrons. The third kappa shape index (κ3) is 6.05. The van der Waals surface area contributed by atoms with Gasteiger partial charge in [-0.15, -0.1) is 0 Å². The Labute approximate surface area is 245 Å². The van der Waals surface area contributed by atoms with Crippen LogP contribution >= 0.6 is 0 Å². The van der Waals surface area contributed by atoms with Gasteiger partial charge < -0.3 is 35.1 Å². The summed E-state index contributed by atoms with van der Waals surface area (Å²) in [5, 5.41) is 20.1. The summed E-state index contributed by atoms with van der Waals surface area (Å²) in [6, 6.07) is 12.2. The van der Waals surface area contributed by atoms with Gasteiger partial charge in [0.1, 0.15) is 23.9 Å². The van der Waals surface area contributed by atoms with Crippen LogP contribution in [0.4, 0.5) is 0 Å². The number of nitrogens with one attached hydrogen (secondary N) is 3. The molecule has 2 aromatic carbocycles. The van der Waals surface area contributed by atoms with E-state index in [0.29, 0.717) is 18.6 Å². The molecule has 3 aliphatic rings. The number of hydrogen-bond donors (Lipinski definition) is 3. The lowest BCUT2D eigenvalue weighted by molar-refractivity contribution is -0.857. The molecule has 3 aromatic rings. The van der Waals surface area contributed by atoms with E-state index in [1.54, 1.807) is 24.4 Å². The van der Waals surface area contributed by atoms with Crippen molar-refractivity contribution < 1.29 is 23.8 Å². The lowest BCUT2D eigenvalue weighted by atomic mass is 9.97. The zero-order valence-corrected chi connectivity index (χ0v) is 24.5. The van der Waals surface area contributed by atoms with Crippen molar-refractivity contribution in [3.05, 3.63) is 77.3 Å². The molecular formula is C32H39N5O5. The second kappa shape index (κ2) is 12.0. The van der Waals surface area contributed by atoms with Gasteiger partial charge in [0.2, 0.25) is 11.8 Å². The lowest BCUT2D eigenvalue weighted by Gasteiger charge is -2.43. The van der Waals surface area contributed by atoms with Crippen molar-refractivity contribution in [2.45, 2.75) is 57.3 Å². The van der Waals surface area contributed by atoms with Crippen LogP contribution in [0, 0.1) is 11.1 Å². The minimum atomic E-state index is -1.02. The predicted octanol–water partition coefficient (Wildman–Crippen LogP) is 3.33. The molecule has 3 amide bonds. The van der Waals surface area contributed by atoms with Gasteiger partial charge in [0, 0.05) is 42.7 Å². The zero-order chi connectivity index (χ0) is 30.0. The van der Waals surface area contributed by atoms with Gasteiger partial charge in [-0.1, -0.05) is 50.6 Å². The Morgan fingerprint density at radius 1 is 1.12 bits per heavy atom. The van der Waals surface area contributed by atoms with E-state index in [1.807, 2.05) is 56.4 Å². The molecule has 1 unspecified atom stereocenters. The average Bonchev–Trinajstić information content (AvgIpc) is 3.58. The van der Waals surface area contributed by atoms with Crippen molar-refractivity contribution in [3.63, 3.8) is 0 Å². The predicted molar refractivity (Wildman–Crippen MR) is 161 cm³/mol. The van der Waals surface area contributed by atoms with Crippen LogP contribution in [0.5, 0.6) is 5.75 Å². The summed E-state index contributed by atoms with van der Waals surface area (Å²) < 4.78 is 5.44. The molecule has 222 valence electrons. The van der Waals surface area contributed by atoms with Gasteiger partial charge in [-0.2, -0.15) is 0 Å². The number of quaternary nitrogens is 1. The molecule has 5 atom stereocenters. The quantitative estimate of drug-likeness (QED) is 0.308. The number of likely N-dealkylation sites (N-methyl/N-ethyl adjacent to an activating group) is 1. The number of amides is 3. The monoisotopic (exact) mass is 573 g/mol. The smallest absolute Gasteiger partial charge is 0.282 e. The van der Waals surface area contributed by atoms with Gasteiger partial charge in [-0.25, -0.2) is 0 Å². The number of fused-ring (bicyclic) bond motifs is 8. The van der Waals surface area contributed by atoms with E-state index in [-0.39, 0.29) is 24.8 Å². The van der Waals surface area contributed by atoms with Crippen LogP contribution in [0.2, 0.25) is 0 Å². The van der Waals surface area contributed by atoms with Crippen molar-refractivity contribution in [2.24, 2.45) is 5.92 Å². The molecule has 0 spiro atoms. The lowest BCUT2D eigenvalue weighted by Crippen LogP contribution is -2.61. The SMILES string of the molecule is CCC(C)[C@@H]1NC(=O)[C@@H]2[C@H](CCN2C(=O)[C@H](Cc2c[nH]c3ccccc23)[N+](C)(C)[O-])Oc2ccc(cc2)/C=C\NC1=O. The highest BCUT2D eigenvalue weighted by Gasteiger charge is 2.48. The molecule has 1 saturated heterocycles. The molecule has 3 aliphatic heterocycles. The van der Waals surface area contributed by atoms with Crippen molar-refractivity contribution >= 4 is 34.7 Å². The maximum Gasteiger partial charge on any atom is 0.282 e. The zero-order valence-electron chi connectivity index (χ0n) is 24.5. The molecular weight excluding hydrogens is 534 g/mol. The van der Waals surface area contributed by atoms with E-state index >= 15 is 0 Å². The second-order valence-corrected chi connectivity index (χ2v) is 11.7. The number of likely N-dealkylation sites (tertiary alicyclic amines) is 1. The van der Waals surface area contributed by atoms with Crippen molar-refractivity contribution in [3.8, 4) is 5.75 Å². The first-order valence-corrected chi connectivity index (χ1v) is 14.5. The van der Waals surface area contributed by atoms with Gasteiger partial charge in [-0.3, -0.25) is 14.4 Å². The first-order valence-electron chi connectivity index (χ1n) is 14.5. The number of ether oxygens (including phenoxy) is 1. The second-order valence-electron chi connectivity index (χ2n) is 11.7. The number of H-pyrrole nitrogens is 1. The van der Waals surface area contributed by atoms with Crippen LogP contribution in [0.1, 0.15) is 37.8 Å². The van der Waals surface area contributed by atoms with Crippen LogP contribution < -0.4 is 15.4 Å². The molecule has 3 N–H and O–H groups in total. The summed E-state index contributed by atoms with van der Waals surface area (Å²) in [4.78, 5) is 46.1. The van der Waals surface area contributed by atoms with E-state index in [0.717, 1.165) is 22.0 Å². The summed E-state index contributed by atoms with van der Waals surface area (Å²) in [5.41, 5.74) is 2.65. The number of carbonyl (C=O) groups is 3. The van der Waals surface area contributed by atoms with Crippen molar-refractivity contribution in [2.75, 3.05) is 20.6 Å². The molecule has 1 aromatic heterocycles. The van der Waals surface area contributed by atoms with E-state index in [4.69, 9.17) is 4.74 Å². The number of aromatic nitrogens is 1. The topological polar surface area (TPSA) is 127 Å². The highest BCUT2D eigenvalue weighted by atomic mass is 16.5. The Kier molecular flexibility index (Phi) is 8.38. The number of benzene rings is 2. The van der Waals surface area contributed by atoms with E-state index < -0.39 is 40.7 Å². The van der Waals surface area contributed by atoms with Gasteiger partial charge >= 0.3 is 0 Å². The molecule has 4 heterocycles. The molecule has 1 fully saturated rings. The summed E-state index contributed by atoms with van der Waals surface area (Å²) >= 11 is 0. The molecule has 42 heavy (non-hydrogen) atoms. The van der Waals surface area contributed by atoms with Crippen LogP contribution in [-0.2, 0) is 20.8 Å². The maximum absolute atomic E-state index is 14.3. The molecule has 2 bridgehead atoms. The first-order chi connectivity index (χ1) is 20.1. The molecule has 10 heteroatoms. The van der Waals surface area contributed by atoms with Gasteiger partial charge in [0.15, 0.2) is 6.04 Å². The van der Waals surface area contributed by atoms with E-state index in [9.17, 15) is 19.6 Å². The highest BCUT2D eigenvalue weighted by Crippen LogP contribution is 2.29. The number of aromatic amines is 1. The number of hydrogen-bond acceptors (Lipinski definition) is 5. The fraction of sp³-hybridized carbons (Fsp3) is 0.406. The summed E-state index contributed by atoms with van der Waals surface area (Å²) in [7, 11) is 2.90. The molecule has 0 saturated carbocycles. The summed E-state index contributed by atoms with van der Waals surface area (Å²) in [6.07, 6.45) is 5.76. The van der Waals surface area contributed by atoms with Crippen molar-refractivity contribution in [1.29, 1.82) is 0 Å². The Balaban J connectivity index is 1.49. The molecule has 0 aliphatic carbocycles. The fourth-order valence-corrected chi connectivity index (χ4v) is 5.80. The van der Waals surface area contributed by atoms with Crippen LogP contribution in [-0.4, -0.2) is 77.1 Å². The minimum absolute atomic E-state index is 0.162. The molecule has 6 rings (SSSR count). The third-order valence-corrected chi connectivity index (χ3v) is 8.48. The highest BCUT2D eigenvalue weighted by molar-refractivity contribution is 5.94. The standard InChI is InChI=1S/C32H39N5O5/c1-5-20(2)28-30(38)33-16-14-21-10-12-23(13-11-21)42-27-15-17-36(29(27)31(39)35-28)32(40)26(37(3,4)41)18-22-19-34-25-9-7-6-8-24(22)25/h6-14,16,19-20,26-29,34H,5,15,17-18H2,1-4H3,(H,33,38)(H,35,39)/b16-14-/t20?,26-,27-,28-,29-/m0/s1. The summed E-state index contributed by atoms with van der Waals surface area (Å²) in [5.74, 6) is -0.837. The van der Waals surface area contributed by atoms with E-state index in [1.165, 1.54) is 19.0 Å². The van der Waals surface area contributed by atoms with Crippen LogP contribution in [0.25, 0.3) is 17.0 Å². The van der Waals surface area contributed by atoms with Crippen molar-refractivity contribution in [1.82, 2.24) is 20.5 Å². The van der Waals surface area contributed by atoms with Crippen LogP contribution in [0.15, 0.2) is 60.9 Å². The molecule has 10 nitrogen and oxygen atoms in total. The maximum atomic E-state index is 14.3. The van der Waals surface area contributed by atoms with Gasteiger partial charge in [0.05, 0.1) is 14.1 Å². The largest absolute Gasteiger partial charge is 0.633 e. The van der Waals surface area contributed by atoms with E-state index in [2.05, 4.69) is 15.6 Å². The number of carbonyl (C=O) groups excluding carboxylic acids is 3. The number of rotatable bonds is 6. The Morgan fingerprint density at radius 3 is 2.57 bits per heavy atom. The number of hydroxylamine groups is 3. The number of para-hydroxylation sites is 1. The number of nitrogens with zero attached hydrogens (tertiary/aromatic N) is 2. The Hall–Kier alpha value is -4.15. The first kappa shape index (κ1) is 29.3. The average molecular weight is 574 g/mol. The Morgan fingerprint density at radius 2 is 1.86 bits per heavy atom. The van der Waals surface area contributed by atoms with Gasteiger partial charge in [-0.05, 0) is 41.3 Å². The minimum Gasteiger partial charge on any atom is -0.633 e. The van der Waals surface area contributed by atoms with Crippen LogP contribution in [0.3, 0.4) is 0 Å². The third-order valence-electron chi connectivity index (χ3n) is 8.48.